The van der Waals surface area contributed by atoms with Gasteiger partial charge in [-0.15, -0.1) is 0 Å². The minimum Gasteiger partial charge on any atom is -0.296 e. The molecule has 0 saturated carbocycles. The van der Waals surface area contributed by atoms with Crippen molar-refractivity contribution in [3.8, 4) is 6.07 Å². The highest BCUT2D eigenvalue weighted by Gasteiger charge is 2.30. The monoisotopic (exact) mass is 359 g/mol. The van der Waals surface area contributed by atoms with E-state index in [9.17, 15) is 12.8 Å². The molecular weight excluding hydrogens is 341 g/mol. The van der Waals surface area contributed by atoms with Gasteiger partial charge in [0.2, 0.25) is 10.0 Å². The largest absolute Gasteiger partial charge is 0.296 e. The van der Waals surface area contributed by atoms with Crippen molar-refractivity contribution >= 4 is 10.0 Å². The van der Waals surface area contributed by atoms with Gasteiger partial charge in [0.1, 0.15) is 10.7 Å². The van der Waals surface area contributed by atoms with Gasteiger partial charge in [-0.1, -0.05) is 24.3 Å². The van der Waals surface area contributed by atoms with Gasteiger partial charge in [0.15, 0.2) is 0 Å². The molecule has 7 heteroatoms. The minimum absolute atomic E-state index is 0.273. The third-order valence-corrected chi connectivity index (χ3v) is 6.18. The van der Waals surface area contributed by atoms with Crippen LogP contribution < -0.4 is 0 Å². The van der Waals surface area contributed by atoms with E-state index in [0.29, 0.717) is 38.3 Å². The van der Waals surface area contributed by atoms with Crippen LogP contribution in [0.2, 0.25) is 0 Å². The van der Waals surface area contributed by atoms with Crippen LogP contribution in [0.25, 0.3) is 0 Å². The Labute approximate surface area is 147 Å². The first-order valence-electron chi connectivity index (χ1n) is 7.97. The van der Waals surface area contributed by atoms with Crippen LogP contribution in [0, 0.1) is 17.1 Å². The summed E-state index contributed by atoms with van der Waals surface area (Å²) in [6, 6.07) is 14.9. The Kier molecular flexibility index (Phi) is 5.13. The molecule has 0 bridgehead atoms. The number of piperazine rings is 1. The van der Waals surface area contributed by atoms with Crippen LogP contribution in [0.1, 0.15) is 11.1 Å². The topological polar surface area (TPSA) is 64.4 Å². The second-order valence-electron chi connectivity index (χ2n) is 5.92. The maximum Gasteiger partial charge on any atom is 0.246 e. The maximum absolute atomic E-state index is 13.8. The van der Waals surface area contributed by atoms with Crippen molar-refractivity contribution in [2.45, 2.75) is 11.4 Å². The van der Waals surface area contributed by atoms with E-state index in [2.05, 4.69) is 11.0 Å². The smallest absolute Gasteiger partial charge is 0.246 e. The van der Waals surface area contributed by atoms with E-state index in [1.54, 1.807) is 6.07 Å². The third-order valence-electron chi connectivity index (χ3n) is 4.25. The molecule has 1 heterocycles. The van der Waals surface area contributed by atoms with Gasteiger partial charge in [-0.25, -0.2) is 12.8 Å². The predicted molar refractivity (Wildman–Crippen MR) is 91.6 cm³/mol. The van der Waals surface area contributed by atoms with E-state index in [-0.39, 0.29) is 4.90 Å². The van der Waals surface area contributed by atoms with Crippen molar-refractivity contribution in [1.82, 2.24) is 9.21 Å². The average Bonchev–Trinajstić information content (AvgIpc) is 2.62. The molecule has 0 unspecified atom stereocenters. The Bertz CT molecular complexity index is 901. The molecule has 130 valence electrons. The van der Waals surface area contributed by atoms with Crippen molar-refractivity contribution in [2.24, 2.45) is 0 Å². The number of nitrogens with zero attached hydrogens (tertiary/aromatic N) is 3. The summed E-state index contributed by atoms with van der Waals surface area (Å²) in [5.41, 5.74) is 1.63. The van der Waals surface area contributed by atoms with Gasteiger partial charge in [0.05, 0.1) is 11.6 Å². The van der Waals surface area contributed by atoms with Gasteiger partial charge in [0, 0.05) is 32.7 Å². The highest BCUT2D eigenvalue weighted by molar-refractivity contribution is 7.89. The fourth-order valence-corrected chi connectivity index (χ4v) is 4.41. The summed E-state index contributed by atoms with van der Waals surface area (Å²) >= 11 is 0. The molecule has 2 aromatic rings. The number of halogens is 1. The van der Waals surface area contributed by atoms with E-state index >= 15 is 0 Å². The van der Waals surface area contributed by atoms with Gasteiger partial charge in [0.25, 0.3) is 0 Å². The van der Waals surface area contributed by atoms with Crippen LogP contribution >= 0.6 is 0 Å². The molecule has 5 nitrogen and oxygen atoms in total. The summed E-state index contributed by atoms with van der Waals surface area (Å²) in [6.45, 7) is 2.40. The molecule has 0 amide bonds. The summed E-state index contributed by atoms with van der Waals surface area (Å²) in [4.78, 5) is 1.86. The highest BCUT2D eigenvalue weighted by atomic mass is 32.2. The summed E-state index contributed by atoms with van der Waals surface area (Å²) in [5, 5.41) is 8.96. The Morgan fingerprint density at radius 2 is 1.76 bits per heavy atom. The van der Waals surface area contributed by atoms with E-state index < -0.39 is 15.8 Å². The number of benzene rings is 2. The molecule has 0 N–H and O–H groups in total. The van der Waals surface area contributed by atoms with E-state index in [1.165, 1.54) is 22.5 Å². The van der Waals surface area contributed by atoms with Gasteiger partial charge in [-0.2, -0.15) is 9.57 Å². The minimum atomic E-state index is -3.81. The molecule has 1 fully saturated rings. The quantitative estimate of drug-likeness (QED) is 0.840. The van der Waals surface area contributed by atoms with Crippen molar-refractivity contribution in [3.63, 3.8) is 0 Å². The molecular formula is C18H18FN3O2S. The van der Waals surface area contributed by atoms with Crippen molar-refractivity contribution in [1.29, 1.82) is 5.26 Å². The second-order valence-corrected chi connectivity index (χ2v) is 7.83. The highest BCUT2D eigenvalue weighted by Crippen LogP contribution is 2.21. The summed E-state index contributed by atoms with van der Waals surface area (Å²) < 4.78 is 40.3. The van der Waals surface area contributed by atoms with E-state index in [4.69, 9.17) is 5.26 Å². The zero-order valence-corrected chi connectivity index (χ0v) is 14.4. The number of sulfonamides is 1. The van der Waals surface area contributed by atoms with Crippen molar-refractivity contribution < 1.29 is 12.8 Å². The van der Waals surface area contributed by atoms with Crippen LogP contribution in [0.15, 0.2) is 53.4 Å². The molecule has 1 aliphatic rings. The van der Waals surface area contributed by atoms with Gasteiger partial charge < -0.3 is 0 Å². The molecule has 0 aliphatic carbocycles. The summed E-state index contributed by atoms with van der Waals surface area (Å²) in [7, 11) is -3.81. The second kappa shape index (κ2) is 7.31. The Morgan fingerprint density at radius 3 is 2.44 bits per heavy atom. The lowest BCUT2D eigenvalue weighted by Crippen LogP contribution is -2.48. The van der Waals surface area contributed by atoms with Crippen molar-refractivity contribution in [3.05, 3.63) is 65.5 Å². The maximum atomic E-state index is 13.8. The zero-order valence-electron chi connectivity index (χ0n) is 13.6. The van der Waals surface area contributed by atoms with Crippen LogP contribution in [-0.2, 0) is 16.6 Å². The van der Waals surface area contributed by atoms with Gasteiger partial charge in [-0.3, -0.25) is 4.90 Å². The molecule has 3 rings (SSSR count). The number of hydrogen-bond acceptors (Lipinski definition) is 4. The first-order chi connectivity index (χ1) is 12.0. The fourth-order valence-electron chi connectivity index (χ4n) is 2.92. The molecule has 0 atom stereocenters. The standard InChI is InChI=1S/C18H18FN3O2S/c19-17-6-1-2-7-18(17)25(23,24)22-10-8-21(9-11-22)14-16-5-3-4-15(12-16)13-20/h1-7,12H,8-11,14H2. The molecule has 25 heavy (non-hydrogen) atoms. The van der Waals surface area contributed by atoms with Gasteiger partial charge in [-0.05, 0) is 29.8 Å². The Morgan fingerprint density at radius 1 is 1.04 bits per heavy atom. The van der Waals surface area contributed by atoms with Crippen molar-refractivity contribution in [2.75, 3.05) is 26.2 Å². The molecule has 0 aromatic heterocycles. The normalized spacial score (nSPS) is 16.5. The lowest BCUT2D eigenvalue weighted by atomic mass is 10.1. The third kappa shape index (κ3) is 3.87. The first kappa shape index (κ1) is 17.5. The number of hydrogen-bond donors (Lipinski definition) is 0. The average molecular weight is 359 g/mol. The Balaban J connectivity index is 1.66. The SMILES string of the molecule is N#Cc1cccc(CN2CCN(S(=O)(=O)c3ccccc3F)CC2)c1. The van der Waals surface area contributed by atoms with E-state index in [1.807, 2.05) is 18.2 Å². The van der Waals surface area contributed by atoms with Crippen LogP contribution in [-0.4, -0.2) is 43.8 Å². The van der Waals surface area contributed by atoms with Gasteiger partial charge >= 0.3 is 0 Å². The lowest BCUT2D eigenvalue weighted by molar-refractivity contribution is 0.181. The molecule has 1 saturated heterocycles. The molecule has 1 aliphatic heterocycles. The number of rotatable bonds is 4. The Hall–Kier alpha value is -2.27. The first-order valence-corrected chi connectivity index (χ1v) is 9.41. The van der Waals surface area contributed by atoms with Crippen LogP contribution in [0.3, 0.4) is 0 Å². The summed E-state index contributed by atoms with van der Waals surface area (Å²) in [5.74, 6) is -0.724. The zero-order chi connectivity index (χ0) is 17.9. The van der Waals surface area contributed by atoms with Crippen LogP contribution in [0.4, 0.5) is 4.39 Å². The fraction of sp³-hybridized carbons (Fsp3) is 0.278. The lowest BCUT2D eigenvalue weighted by Gasteiger charge is -2.34. The molecule has 0 spiro atoms. The predicted octanol–water partition coefficient (Wildman–Crippen LogP) is 2.20. The number of nitriles is 1. The summed E-state index contributed by atoms with van der Waals surface area (Å²) in [6.07, 6.45) is 0. The van der Waals surface area contributed by atoms with Crippen LogP contribution in [0.5, 0.6) is 0 Å². The molecule has 0 radical (unpaired) electrons. The van der Waals surface area contributed by atoms with E-state index in [0.717, 1.165) is 11.6 Å². The molecule has 2 aromatic carbocycles.